The number of aryl methyl sites for hydroxylation is 1. The zero-order valence-electron chi connectivity index (χ0n) is 13.0. The summed E-state index contributed by atoms with van der Waals surface area (Å²) in [7, 11) is 0. The molecule has 0 radical (unpaired) electrons. The molecule has 0 aliphatic heterocycles. The van der Waals surface area contributed by atoms with Gasteiger partial charge in [0.05, 0.1) is 6.61 Å². The normalized spacial score (nSPS) is 10.9. The van der Waals surface area contributed by atoms with E-state index in [1.54, 1.807) is 24.3 Å². The maximum absolute atomic E-state index is 12.5. The molecule has 0 aromatic heterocycles. The number of rotatable bonds is 5. The molecule has 0 fully saturated rings. The summed E-state index contributed by atoms with van der Waals surface area (Å²) in [4.78, 5) is 12.5. The first kappa shape index (κ1) is 16.3. The Bertz CT molecular complexity index is 801. The predicted molar refractivity (Wildman–Crippen MR) is 88.4 cm³/mol. The van der Waals surface area contributed by atoms with E-state index in [1.807, 2.05) is 32.0 Å². The summed E-state index contributed by atoms with van der Waals surface area (Å²) in [5.74, 6) is 0.0197. The van der Waals surface area contributed by atoms with E-state index in [2.05, 4.69) is 0 Å². The van der Waals surface area contributed by atoms with Crippen molar-refractivity contribution in [3.63, 3.8) is 0 Å². The molecule has 116 valence electrons. The van der Waals surface area contributed by atoms with Crippen LogP contribution in [-0.2, 0) is 0 Å². The minimum atomic E-state index is -0.323. The Labute approximate surface area is 135 Å². The number of nitrogens with zero attached hydrogens (tertiary/aromatic N) is 1. The second kappa shape index (κ2) is 7.28. The summed E-state index contributed by atoms with van der Waals surface area (Å²) < 4.78 is 5.31. The third kappa shape index (κ3) is 3.78. The molecule has 2 rings (SSSR count). The lowest BCUT2D eigenvalue weighted by Crippen LogP contribution is -2.04. The number of phenolic OH excluding ortho intramolecular Hbond substituents is 1. The van der Waals surface area contributed by atoms with Gasteiger partial charge in [0.25, 0.3) is 0 Å². The first-order valence-electron chi connectivity index (χ1n) is 7.24. The van der Waals surface area contributed by atoms with Gasteiger partial charge in [-0.05, 0) is 43.2 Å². The van der Waals surface area contributed by atoms with Crippen LogP contribution in [0.1, 0.15) is 28.4 Å². The average molecular weight is 307 g/mol. The van der Waals surface area contributed by atoms with E-state index in [-0.39, 0.29) is 17.1 Å². The highest BCUT2D eigenvalue weighted by Crippen LogP contribution is 2.28. The molecule has 4 heteroatoms. The number of phenols is 1. The van der Waals surface area contributed by atoms with Gasteiger partial charge in [0, 0.05) is 5.56 Å². The standard InChI is InChI=1S/C19H17NO3/c1-3-23-18-11-14(8-9-17(18)21)10-15(12-20)19(22)16-7-5-4-6-13(16)2/h4-11,21H,3H2,1-2H3/b15-10+. The van der Waals surface area contributed by atoms with Gasteiger partial charge < -0.3 is 9.84 Å². The molecule has 2 aromatic rings. The molecule has 0 spiro atoms. The summed E-state index contributed by atoms with van der Waals surface area (Å²) in [6.07, 6.45) is 1.50. The van der Waals surface area contributed by atoms with Gasteiger partial charge in [-0.15, -0.1) is 0 Å². The van der Waals surface area contributed by atoms with Crippen molar-refractivity contribution < 1.29 is 14.6 Å². The second-order valence-electron chi connectivity index (χ2n) is 4.97. The smallest absolute Gasteiger partial charge is 0.203 e. The van der Waals surface area contributed by atoms with Crippen molar-refractivity contribution in [2.45, 2.75) is 13.8 Å². The summed E-state index contributed by atoms with van der Waals surface area (Å²) in [6, 6.07) is 13.8. The highest BCUT2D eigenvalue weighted by molar-refractivity contribution is 6.14. The Balaban J connectivity index is 2.40. The van der Waals surface area contributed by atoms with Crippen molar-refractivity contribution in [2.75, 3.05) is 6.61 Å². The molecule has 0 atom stereocenters. The number of Topliss-reactive ketones (excluding diaryl/α,β-unsaturated/α-hetero) is 1. The van der Waals surface area contributed by atoms with Gasteiger partial charge >= 0.3 is 0 Å². The van der Waals surface area contributed by atoms with Crippen LogP contribution < -0.4 is 4.74 Å². The van der Waals surface area contributed by atoms with Gasteiger partial charge in [-0.2, -0.15) is 5.26 Å². The molecule has 0 heterocycles. The zero-order chi connectivity index (χ0) is 16.8. The molecule has 0 saturated carbocycles. The molecule has 0 aliphatic carbocycles. The molecular formula is C19H17NO3. The van der Waals surface area contributed by atoms with Crippen LogP contribution in [0.5, 0.6) is 11.5 Å². The number of hydrogen-bond acceptors (Lipinski definition) is 4. The monoisotopic (exact) mass is 307 g/mol. The molecule has 23 heavy (non-hydrogen) atoms. The van der Waals surface area contributed by atoms with Crippen LogP contribution >= 0.6 is 0 Å². The number of carbonyl (C=O) groups is 1. The van der Waals surface area contributed by atoms with Gasteiger partial charge in [0.1, 0.15) is 11.6 Å². The minimum absolute atomic E-state index is 0.0211. The summed E-state index contributed by atoms with van der Waals surface area (Å²) in [6.45, 7) is 4.05. The number of nitriles is 1. The number of ketones is 1. The molecule has 0 saturated heterocycles. The van der Waals surface area contributed by atoms with E-state index in [9.17, 15) is 15.2 Å². The van der Waals surface area contributed by atoms with E-state index in [0.29, 0.717) is 23.5 Å². The lowest BCUT2D eigenvalue weighted by Gasteiger charge is -2.07. The van der Waals surface area contributed by atoms with Crippen molar-refractivity contribution >= 4 is 11.9 Å². The highest BCUT2D eigenvalue weighted by Gasteiger charge is 2.14. The SMILES string of the molecule is CCOc1cc(/C=C(\C#N)C(=O)c2ccccc2C)ccc1O. The van der Waals surface area contributed by atoms with Crippen molar-refractivity contribution in [3.8, 4) is 17.6 Å². The number of ether oxygens (including phenoxy) is 1. The third-order valence-corrected chi connectivity index (χ3v) is 3.35. The zero-order valence-corrected chi connectivity index (χ0v) is 13.0. The van der Waals surface area contributed by atoms with Crippen LogP contribution in [0.3, 0.4) is 0 Å². The number of hydrogen-bond donors (Lipinski definition) is 1. The topological polar surface area (TPSA) is 70.3 Å². The van der Waals surface area contributed by atoms with E-state index in [4.69, 9.17) is 4.74 Å². The average Bonchev–Trinajstić information content (AvgIpc) is 2.55. The minimum Gasteiger partial charge on any atom is -0.504 e. The fourth-order valence-corrected chi connectivity index (χ4v) is 2.18. The van der Waals surface area contributed by atoms with Gasteiger partial charge in [0.2, 0.25) is 5.78 Å². The van der Waals surface area contributed by atoms with Crippen LogP contribution in [0.2, 0.25) is 0 Å². The van der Waals surface area contributed by atoms with Gasteiger partial charge in [-0.1, -0.05) is 30.3 Å². The largest absolute Gasteiger partial charge is 0.504 e. The molecule has 4 nitrogen and oxygen atoms in total. The van der Waals surface area contributed by atoms with E-state index < -0.39 is 0 Å². The van der Waals surface area contributed by atoms with Crippen molar-refractivity contribution in [1.82, 2.24) is 0 Å². The molecule has 0 unspecified atom stereocenters. The Morgan fingerprint density at radius 2 is 2.04 bits per heavy atom. The molecule has 0 aliphatic rings. The lowest BCUT2D eigenvalue weighted by atomic mass is 9.98. The predicted octanol–water partition coefficient (Wildman–Crippen LogP) is 3.89. The lowest BCUT2D eigenvalue weighted by molar-refractivity contribution is 0.103. The van der Waals surface area contributed by atoms with Gasteiger partial charge in [-0.3, -0.25) is 4.79 Å². The van der Waals surface area contributed by atoms with Gasteiger partial charge in [0.15, 0.2) is 11.5 Å². The van der Waals surface area contributed by atoms with Crippen molar-refractivity contribution in [3.05, 3.63) is 64.7 Å². The Kier molecular flexibility index (Phi) is 5.16. The molecule has 1 N–H and O–H groups in total. The summed E-state index contributed by atoms with van der Waals surface area (Å²) in [5, 5.41) is 19.0. The quantitative estimate of drug-likeness (QED) is 0.517. The van der Waals surface area contributed by atoms with E-state index in [0.717, 1.165) is 5.56 Å². The summed E-state index contributed by atoms with van der Waals surface area (Å²) in [5.41, 5.74) is 1.97. The molecule has 0 bridgehead atoms. The van der Waals surface area contributed by atoms with Crippen LogP contribution in [-0.4, -0.2) is 17.5 Å². The van der Waals surface area contributed by atoms with E-state index >= 15 is 0 Å². The summed E-state index contributed by atoms with van der Waals surface area (Å²) >= 11 is 0. The maximum atomic E-state index is 12.5. The van der Waals surface area contributed by atoms with Crippen LogP contribution in [0.15, 0.2) is 48.0 Å². The number of benzene rings is 2. The third-order valence-electron chi connectivity index (χ3n) is 3.35. The van der Waals surface area contributed by atoms with Crippen molar-refractivity contribution in [2.24, 2.45) is 0 Å². The first-order chi connectivity index (χ1) is 11.1. The van der Waals surface area contributed by atoms with E-state index in [1.165, 1.54) is 12.1 Å². The molecule has 0 amide bonds. The second-order valence-corrected chi connectivity index (χ2v) is 4.97. The maximum Gasteiger partial charge on any atom is 0.203 e. The van der Waals surface area contributed by atoms with Gasteiger partial charge in [-0.25, -0.2) is 0 Å². The van der Waals surface area contributed by atoms with Crippen LogP contribution in [0.25, 0.3) is 6.08 Å². The molecular weight excluding hydrogens is 290 g/mol. The number of allylic oxidation sites excluding steroid dienone is 1. The van der Waals surface area contributed by atoms with Crippen LogP contribution in [0.4, 0.5) is 0 Å². The first-order valence-corrected chi connectivity index (χ1v) is 7.24. The molecule has 2 aromatic carbocycles. The number of carbonyl (C=O) groups excluding carboxylic acids is 1. The van der Waals surface area contributed by atoms with Crippen molar-refractivity contribution in [1.29, 1.82) is 5.26 Å². The number of aromatic hydroxyl groups is 1. The Morgan fingerprint density at radius 1 is 1.30 bits per heavy atom. The Hall–Kier alpha value is -3.06. The van der Waals surface area contributed by atoms with Crippen LogP contribution in [0, 0.1) is 18.3 Å². The Morgan fingerprint density at radius 3 is 2.70 bits per heavy atom. The highest BCUT2D eigenvalue weighted by atomic mass is 16.5. The fourth-order valence-electron chi connectivity index (χ4n) is 2.18. The fraction of sp³-hybridized carbons (Fsp3) is 0.158.